The number of benzene rings is 1. The largest absolute Gasteiger partial charge is 0.352 e. The van der Waals surface area contributed by atoms with Crippen LogP contribution in [0.4, 0.5) is 17.6 Å². The molecule has 4 heterocycles. The number of aromatic nitrogens is 8. The van der Waals surface area contributed by atoms with Crippen LogP contribution in [0.25, 0.3) is 5.95 Å². The van der Waals surface area contributed by atoms with Crippen molar-refractivity contribution in [1.82, 2.24) is 39.5 Å². The average Bonchev–Trinajstić information content (AvgIpc) is 3.48. The van der Waals surface area contributed by atoms with E-state index in [9.17, 15) is 0 Å². The van der Waals surface area contributed by atoms with Crippen LogP contribution in [0.1, 0.15) is 5.56 Å². The molecule has 0 aliphatic carbocycles. The molecule has 5 rings (SSSR count). The van der Waals surface area contributed by atoms with Crippen LogP contribution < -0.4 is 10.2 Å². The summed E-state index contributed by atoms with van der Waals surface area (Å²) in [6.45, 7) is 2.10. The third-order valence-electron chi connectivity index (χ3n) is 4.54. The van der Waals surface area contributed by atoms with Gasteiger partial charge in [0.1, 0.15) is 12.7 Å². The molecule has 28 heavy (non-hydrogen) atoms. The molecule has 0 saturated carbocycles. The molecule has 1 aromatic carbocycles. The fraction of sp³-hybridized carbons (Fsp3) is 0.222. The Morgan fingerprint density at radius 2 is 1.93 bits per heavy atom. The number of para-hydroxylation sites is 1. The smallest absolute Gasteiger partial charge is 0.257 e. The third-order valence-corrected chi connectivity index (χ3v) is 4.54. The lowest BCUT2D eigenvalue weighted by Gasteiger charge is -2.18. The summed E-state index contributed by atoms with van der Waals surface area (Å²) >= 11 is 0. The molecule has 10 nitrogen and oxygen atoms in total. The molecule has 0 saturated heterocycles. The van der Waals surface area contributed by atoms with Crippen LogP contribution in [0.2, 0.25) is 0 Å². The van der Waals surface area contributed by atoms with E-state index in [1.807, 2.05) is 18.3 Å². The molecule has 0 atom stereocenters. The van der Waals surface area contributed by atoms with Crippen molar-refractivity contribution in [3.8, 4) is 5.95 Å². The molecule has 3 aromatic heterocycles. The van der Waals surface area contributed by atoms with Gasteiger partial charge in [-0.2, -0.15) is 25.1 Å². The van der Waals surface area contributed by atoms with Gasteiger partial charge in [0.05, 0.1) is 6.54 Å². The standard InChI is InChI=1S/C18H18N10/c1-2-5-15-14(4-1)6-10-27(15)17-23-16(20-8-11-26-13-19-12-22-26)24-18(25-17)28-9-3-7-21-28/h1-5,7,9,12-13H,6,8,10-11H2,(H,20,23,24,25). The summed E-state index contributed by atoms with van der Waals surface area (Å²) in [6, 6.07) is 10.2. The monoisotopic (exact) mass is 374 g/mol. The number of rotatable bonds is 6. The van der Waals surface area contributed by atoms with Gasteiger partial charge in [0.15, 0.2) is 0 Å². The summed E-state index contributed by atoms with van der Waals surface area (Å²) < 4.78 is 3.38. The molecule has 0 radical (unpaired) electrons. The number of nitrogens with zero attached hydrogens (tertiary/aromatic N) is 9. The number of nitrogens with one attached hydrogen (secondary N) is 1. The van der Waals surface area contributed by atoms with Crippen molar-refractivity contribution in [2.24, 2.45) is 0 Å². The van der Waals surface area contributed by atoms with Crippen LogP contribution in [0.3, 0.4) is 0 Å². The summed E-state index contributed by atoms with van der Waals surface area (Å²) in [5, 5.41) is 11.6. The number of anilines is 3. The molecule has 0 unspecified atom stereocenters. The zero-order valence-corrected chi connectivity index (χ0v) is 15.0. The minimum absolute atomic E-state index is 0.475. The van der Waals surface area contributed by atoms with E-state index in [-0.39, 0.29) is 0 Å². The van der Waals surface area contributed by atoms with Gasteiger partial charge < -0.3 is 10.2 Å². The number of fused-ring (bicyclic) bond motifs is 1. The fourth-order valence-corrected chi connectivity index (χ4v) is 3.22. The predicted octanol–water partition coefficient (Wildman–Crippen LogP) is 1.46. The van der Waals surface area contributed by atoms with E-state index >= 15 is 0 Å². The van der Waals surface area contributed by atoms with Crippen molar-refractivity contribution in [3.05, 3.63) is 60.9 Å². The summed E-state index contributed by atoms with van der Waals surface area (Å²) in [7, 11) is 0. The van der Waals surface area contributed by atoms with E-state index in [1.54, 1.807) is 21.9 Å². The zero-order chi connectivity index (χ0) is 18.8. The van der Waals surface area contributed by atoms with E-state index in [0.29, 0.717) is 30.9 Å². The van der Waals surface area contributed by atoms with Gasteiger partial charge in [-0.25, -0.2) is 9.67 Å². The topological polar surface area (TPSA) is 102 Å². The Bertz CT molecular complexity index is 1060. The Morgan fingerprint density at radius 3 is 2.79 bits per heavy atom. The van der Waals surface area contributed by atoms with Crippen molar-refractivity contribution in [2.45, 2.75) is 13.0 Å². The van der Waals surface area contributed by atoms with Gasteiger partial charge in [-0.1, -0.05) is 18.2 Å². The van der Waals surface area contributed by atoms with Gasteiger partial charge >= 0.3 is 0 Å². The normalized spacial score (nSPS) is 12.9. The van der Waals surface area contributed by atoms with Crippen molar-refractivity contribution in [2.75, 3.05) is 23.3 Å². The van der Waals surface area contributed by atoms with Crippen molar-refractivity contribution < 1.29 is 0 Å². The molecule has 0 fully saturated rings. The lowest BCUT2D eigenvalue weighted by Crippen LogP contribution is -2.20. The Kier molecular flexibility index (Phi) is 4.13. The van der Waals surface area contributed by atoms with Gasteiger partial charge in [0.2, 0.25) is 11.9 Å². The third kappa shape index (κ3) is 3.15. The molecule has 1 N–H and O–H groups in total. The van der Waals surface area contributed by atoms with E-state index in [2.05, 4.69) is 58.5 Å². The van der Waals surface area contributed by atoms with Crippen LogP contribution in [0.5, 0.6) is 0 Å². The van der Waals surface area contributed by atoms with Gasteiger partial charge in [0, 0.05) is 31.2 Å². The predicted molar refractivity (Wildman–Crippen MR) is 103 cm³/mol. The van der Waals surface area contributed by atoms with Crippen molar-refractivity contribution in [3.63, 3.8) is 0 Å². The zero-order valence-electron chi connectivity index (χ0n) is 15.0. The molecule has 0 spiro atoms. The quantitative estimate of drug-likeness (QED) is 0.541. The van der Waals surface area contributed by atoms with Crippen molar-refractivity contribution in [1.29, 1.82) is 0 Å². The maximum absolute atomic E-state index is 4.65. The minimum atomic E-state index is 0.475. The van der Waals surface area contributed by atoms with Gasteiger partial charge in [-0.05, 0) is 24.1 Å². The Hall–Kier alpha value is -3.82. The van der Waals surface area contributed by atoms with Crippen LogP contribution >= 0.6 is 0 Å². The Labute approximate surface area is 160 Å². The van der Waals surface area contributed by atoms with E-state index < -0.39 is 0 Å². The molecule has 10 heteroatoms. The molecular weight excluding hydrogens is 356 g/mol. The number of hydrogen-bond donors (Lipinski definition) is 1. The highest BCUT2D eigenvalue weighted by Crippen LogP contribution is 2.32. The summed E-state index contributed by atoms with van der Waals surface area (Å²) in [5.74, 6) is 1.58. The summed E-state index contributed by atoms with van der Waals surface area (Å²) in [4.78, 5) is 19.9. The van der Waals surface area contributed by atoms with E-state index in [1.165, 1.54) is 11.9 Å². The first-order valence-corrected chi connectivity index (χ1v) is 9.05. The lowest BCUT2D eigenvalue weighted by atomic mass is 10.2. The van der Waals surface area contributed by atoms with Gasteiger partial charge in [-0.15, -0.1) is 0 Å². The minimum Gasteiger partial charge on any atom is -0.352 e. The molecule has 0 bridgehead atoms. The summed E-state index contributed by atoms with van der Waals surface area (Å²) in [6.07, 6.45) is 7.68. The second kappa shape index (κ2) is 7.06. The first-order valence-electron chi connectivity index (χ1n) is 9.05. The average molecular weight is 374 g/mol. The molecule has 1 aliphatic heterocycles. The van der Waals surface area contributed by atoms with E-state index in [0.717, 1.165) is 18.7 Å². The molecule has 1 aliphatic rings. The maximum Gasteiger partial charge on any atom is 0.257 e. The van der Waals surface area contributed by atoms with Crippen LogP contribution in [0, 0.1) is 0 Å². The van der Waals surface area contributed by atoms with Gasteiger partial charge in [-0.3, -0.25) is 4.68 Å². The molecular formula is C18H18N10. The second-order valence-corrected chi connectivity index (χ2v) is 6.33. The van der Waals surface area contributed by atoms with Crippen LogP contribution in [-0.4, -0.2) is 52.6 Å². The maximum atomic E-state index is 4.65. The molecule has 4 aromatic rings. The first kappa shape index (κ1) is 16.4. The SMILES string of the molecule is c1ccc2c(c1)CCN2c1nc(NCCn2cncn2)nc(-n2cccn2)n1. The number of hydrogen-bond acceptors (Lipinski definition) is 8. The second-order valence-electron chi connectivity index (χ2n) is 6.33. The first-order chi connectivity index (χ1) is 13.9. The highest BCUT2D eigenvalue weighted by molar-refractivity contribution is 5.66. The Morgan fingerprint density at radius 1 is 1.00 bits per heavy atom. The summed E-state index contributed by atoms with van der Waals surface area (Å²) in [5.41, 5.74) is 2.43. The highest BCUT2D eigenvalue weighted by atomic mass is 15.4. The van der Waals surface area contributed by atoms with E-state index in [4.69, 9.17) is 0 Å². The fourth-order valence-electron chi connectivity index (χ4n) is 3.22. The van der Waals surface area contributed by atoms with Crippen LogP contribution in [0.15, 0.2) is 55.4 Å². The van der Waals surface area contributed by atoms with Crippen molar-refractivity contribution >= 4 is 17.6 Å². The molecule has 140 valence electrons. The highest BCUT2D eigenvalue weighted by Gasteiger charge is 2.23. The lowest BCUT2D eigenvalue weighted by molar-refractivity contribution is 0.633. The van der Waals surface area contributed by atoms with Crippen LogP contribution in [-0.2, 0) is 13.0 Å². The Balaban J connectivity index is 1.45. The molecule has 0 amide bonds. The van der Waals surface area contributed by atoms with Gasteiger partial charge in [0.25, 0.3) is 5.95 Å².